The second kappa shape index (κ2) is 7.62. The first kappa shape index (κ1) is 17.9. The summed E-state index contributed by atoms with van der Waals surface area (Å²) in [6.07, 6.45) is 0. The molecule has 3 aromatic rings. The Kier molecular flexibility index (Phi) is 5.05. The lowest BCUT2D eigenvalue weighted by Crippen LogP contribution is -2.46. The molecule has 0 amide bonds. The Labute approximate surface area is 162 Å². The summed E-state index contributed by atoms with van der Waals surface area (Å²) < 4.78 is 0. The molecule has 7 heteroatoms. The van der Waals surface area contributed by atoms with Crippen LogP contribution in [0, 0.1) is 13.8 Å². The van der Waals surface area contributed by atoms with Crippen LogP contribution >= 0.6 is 11.3 Å². The molecule has 1 aromatic carbocycles. The van der Waals surface area contributed by atoms with Gasteiger partial charge in [0.05, 0.1) is 16.4 Å². The molecule has 1 aliphatic heterocycles. The van der Waals surface area contributed by atoms with Gasteiger partial charge in [0.2, 0.25) is 0 Å². The van der Waals surface area contributed by atoms with E-state index in [1.165, 1.54) is 4.88 Å². The van der Waals surface area contributed by atoms with Crippen LogP contribution < -0.4 is 10.5 Å². The van der Waals surface area contributed by atoms with Crippen molar-refractivity contribution in [2.24, 2.45) is 0 Å². The lowest BCUT2D eigenvalue weighted by atomic mass is 10.1. The Morgan fingerprint density at radius 2 is 1.85 bits per heavy atom. The Hall–Kier alpha value is -2.51. The molecule has 140 valence electrons. The maximum atomic E-state index is 11.9. The van der Waals surface area contributed by atoms with E-state index >= 15 is 0 Å². The fourth-order valence-corrected chi connectivity index (χ4v) is 4.49. The number of hydrogen-bond acceptors (Lipinski definition) is 6. The fraction of sp³-hybridized carbons (Fsp3) is 0.350. The van der Waals surface area contributed by atoms with E-state index in [1.54, 1.807) is 17.4 Å². The van der Waals surface area contributed by atoms with Crippen LogP contribution in [0.2, 0.25) is 0 Å². The SMILES string of the molecule is Cc1nc(C)c(CN2CCN(c3cc(=O)[nH]nc3-c3ccccc3)CC2)s1. The topological polar surface area (TPSA) is 65.1 Å². The summed E-state index contributed by atoms with van der Waals surface area (Å²) in [5, 5.41) is 8.03. The summed E-state index contributed by atoms with van der Waals surface area (Å²) in [6, 6.07) is 11.7. The second-order valence-corrected chi connectivity index (χ2v) is 8.12. The molecular formula is C20H23N5OS. The summed E-state index contributed by atoms with van der Waals surface area (Å²) in [5.41, 5.74) is 3.74. The zero-order valence-corrected chi connectivity index (χ0v) is 16.4. The number of thiazole rings is 1. The van der Waals surface area contributed by atoms with Crippen molar-refractivity contribution in [2.75, 3.05) is 31.1 Å². The number of anilines is 1. The standard InChI is InChI=1S/C20H23N5OS/c1-14-18(27-15(2)21-14)13-24-8-10-25(11-9-24)17-12-19(26)22-23-20(17)16-6-4-3-5-7-16/h3-7,12H,8-11,13H2,1-2H3,(H,22,26). The fourth-order valence-electron chi connectivity index (χ4n) is 3.51. The highest BCUT2D eigenvalue weighted by atomic mass is 32.1. The van der Waals surface area contributed by atoms with Crippen LogP contribution in [0.25, 0.3) is 11.3 Å². The summed E-state index contributed by atoms with van der Waals surface area (Å²) in [4.78, 5) is 22.5. The molecule has 27 heavy (non-hydrogen) atoms. The van der Waals surface area contributed by atoms with Crippen LogP contribution in [-0.4, -0.2) is 46.3 Å². The van der Waals surface area contributed by atoms with Gasteiger partial charge in [-0.2, -0.15) is 5.10 Å². The molecule has 2 aromatic heterocycles. The first-order valence-corrected chi connectivity index (χ1v) is 9.97. The summed E-state index contributed by atoms with van der Waals surface area (Å²) in [7, 11) is 0. The van der Waals surface area contributed by atoms with E-state index in [9.17, 15) is 4.79 Å². The van der Waals surface area contributed by atoms with Crippen LogP contribution in [0.4, 0.5) is 5.69 Å². The van der Waals surface area contributed by atoms with Crippen molar-refractivity contribution < 1.29 is 0 Å². The first-order valence-electron chi connectivity index (χ1n) is 9.15. The smallest absolute Gasteiger partial charge is 0.266 e. The molecule has 0 atom stereocenters. The van der Waals surface area contributed by atoms with Gasteiger partial charge in [0, 0.05) is 49.2 Å². The summed E-state index contributed by atoms with van der Waals surface area (Å²) in [6.45, 7) is 8.76. The first-order chi connectivity index (χ1) is 13.1. The number of aromatic amines is 1. The van der Waals surface area contributed by atoms with E-state index in [0.717, 1.165) is 60.4 Å². The molecule has 1 aliphatic rings. The molecule has 3 heterocycles. The number of nitrogens with zero attached hydrogens (tertiary/aromatic N) is 4. The van der Waals surface area contributed by atoms with Crippen LogP contribution in [0.15, 0.2) is 41.2 Å². The summed E-state index contributed by atoms with van der Waals surface area (Å²) >= 11 is 1.79. The van der Waals surface area contributed by atoms with E-state index in [1.807, 2.05) is 30.3 Å². The number of benzene rings is 1. The van der Waals surface area contributed by atoms with Gasteiger partial charge < -0.3 is 4.90 Å². The van der Waals surface area contributed by atoms with E-state index in [-0.39, 0.29) is 5.56 Å². The molecule has 6 nitrogen and oxygen atoms in total. The van der Waals surface area contributed by atoms with Crippen molar-refractivity contribution in [3.63, 3.8) is 0 Å². The van der Waals surface area contributed by atoms with Gasteiger partial charge in [-0.05, 0) is 13.8 Å². The lowest BCUT2D eigenvalue weighted by Gasteiger charge is -2.36. The van der Waals surface area contributed by atoms with Gasteiger partial charge in [-0.1, -0.05) is 30.3 Å². The van der Waals surface area contributed by atoms with Crippen molar-refractivity contribution in [3.8, 4) is 11.3 Å². The highest BCUT2D eigenvalue weighted by molar-refractivity contribution is 7.11. The minimum atomic E-state index is -0.164. The minimum absolute atomic E-state index is 0.164. The van der Waals surface area contributed by atoms with Gasteiger partial charge in [0.25, 0.3) is 5.56 Å². The van der Waals surface area contributed by atoms with Crippen LogP contribution in [0.3, 0.4) is 0 Å². The second-order valence-electron chi connectivity index (χ2n) is 6.84. The van der Waals surface area contributed by atoms with Crippen molar-refractivity contribution in [3.05, 3.63) is 62.3 Å². The Morgan fingerprint density at radius 3 is 2.52 bits per heavy atom. The van der Waals surface area contributed by atoms with Gasteiger partial charge in [0.1, 0.15) is 5.69 Å². The molecule has 0 saturated carbocycles. The molecular weight excluding hydrogens is 358 g/mol. The van der Waals surface area contributed by atoms with Crippen molar-refractivity contribution in [1.82, 2.24) is 20.1 Å². The van der Waals surface area contributed by atoms with Gasteiger partial charge in [0.15, 0.2) is 0 Å². The third-order valence-corrected chi connectivity index (χ3v) is 5.97. The van der Waals surface area contributed by atoms with Crippen molar-refractivity contribution in [2.45, 2.75) is 20.4 Å². The Balaban J connectivity index is 1.51. The Bertz CT molecular complexity index is 974. The van der Waals surface area contributed by atoms with Crippen LogP contribution in [0.1, 0.15) is 15.6 Å². The molecule has 4 rings (SSSR count). The number of hydrogen-bond donors (Lipinski definition) is 1. The number of aryl methyl sites for hydroxylation is 2. The minimum Gasteiger partial charge on any atom is -0.367 e. The van der Waals surface area contributed by atoms with Crippen LogP contribution in [-0.2, 0) is 6.54 Å². The molecule has 0 radical (unpaired) electrons. The quantitative estimate of drug-likeness (QED) is 0.753. The molecule has 0 spiro atoms. The highest BCUT2D eigenvalue weighted by Gasteiger charge is 2.22. The average Bonchev–Trinajstić information content (AvgIpc) is 3.00. The third-order valence-electron chi connectivity index (χ3n) is 4.92. The summed E-state index contributed by atoms with van der Waals surface area (Å²) in [5.74, 6) is 0. The molecule has 1 N–H and O–H groups in total. The van der Waals surface area contributed by atoms with E-state index in [2.05, 4.69) is 38.8 Å². The zero-order valence-electron chi connectivity index (χ0n) is 15.6. The third kappa shape index (κ3) is 3.94. The van der Waals surface area contributed by atoms with Gasteiger partial charge in [-0.15, -0.1) is 11.3 Å². The van der Waals surface area contributed by atoms with Crippen molar-refractivity contribution >= 4 is 17.0 Å². The molecule has 1 saturated heterocycles. The predicted molar refractivity (Wildman–Crippen MR) is 109 cm³/mol. The van der Waals surface area contributed by atoms with Gasteiger partial charge >= 0.3 is 0 Å². The Morgan fingerprint density at radius 1 is 1.11 bits per heavy atom. The average molecular weight is 382 g/mol. The van der Waals surface area contributed by atoms with Crippen molar-refractivity contribution in [1.29, 1.82) is 0 Å². The van der Waals surface area contributed by atoms with Crippen LogP contribution in [0.5, 0.6) is 0 Å². The molecule has 0 bridgehead atoms. The number of rotatable bonds is 4. The number of aromatic nitrogens is 3. The normalized spacial score (nSPS) is 15.3. The van der Waals surface area contributed by atoms with Gasteiger partial charge in [-0.3, -0.25) is 9.69 Å². The molecule has 0 unspecified atom stereocenters. The van der Waals surface area contributed by atoms with E-state index < -0.39 is 0 Å². The van der Waals surface area contributed by atoms with Gasteiger partial charge in [-0.25, -0.2) is 10.1 Å². The number of piperazine rings is 1. The number of nitrogens with one attached hydrogen (secondary N) is 1. The number of H-pyrrole nitrogens is 1. The maximum absolute atomic E-state index is 11.9. The lowest BCUT2D eigenvalue weighted by molar-refractivity contribution is 0.251. The largest absolute Gasteiger partial charge is 0.367 e. The predicted octanol–water partition coefficient (Wildman–Crippen LogP) is 2.83. The van der Waals surface area contributed by atoms with E-state index in [4.69, 9.17) is 0 Å². The highest BCUT2D eigenvalue weighted by Crippen LogP contribution is 2.28. The maximum Gasteiger partial charge on any atom is 0.266 e. The van der Waals surface area contributed by atoms with E-state index in [0.29, 0.717) is 0 Å². The molecule has 1 fully saturated rings. The molecule has 0 aliphatic carbocycles. The zero-order chi connectivity index (χ0) is 18.8. The monoisotopic (exact) mass is 381 g/mol.